The molecule has 1 rings (SSSR count). The zero-order valence-electron chi connectivity index (χ0n) is 7.12. The molecule has 1 aliphatic heterocycles. The summed E-state index contributed by atoms with van der Waals surface area (Å²) in [5.41, 5.74) is 5.60. The fourth-order valence-electron chi connectivity index (χ4n) is 1.39. The van der Waals surface area contributed by atoms with Crippen molar-refractivity contribution in [2.24, 2.45) is 5.73 Å². The fourth-order valence-corrected chi connectivity index (χ4v) is 1.39. The van der Waals surface area contributed by atoms with Crippen LogP contribution in [0.5, 0.6) is 0 Å². The number of carbonyl (C=O) groups is 1. The number of hydrogen-bond donors (Lipinski definition) is 1. The lowest BCUT2D eigenvalue weighted by atomic mass is 10.1. The molecule has 1 saturated heterocycles. The predicted molar refractivity (Wildman–Crippen MR) is 47.2 cm³/mol. The number of piperidine rings is 1. The zero-order valence-corrected chi connectivity index (χ0v) is 7.12. The maximum atomic E-state index is 11.4. The van der Waals surface area contributed by atoms with Gasteiger partial charge in [-0.05, 0) is 12.8 Å². The molecular weight excluding hydrogens is 152 g/mol. The average molecular weight is 166 g/mol. The topological polar surface area (TPSA) is 46.3 Å². The molecule has 0 aromatic carbocycles. The van der Waals surface area contributed by atoms with Crippen LogP contribution >= 0.6 is 0 Å². The maximum absolute atomic E-state index is 11.4. The van der Waals surface area contributed by atoms with Crippen LogP contribution in [0, 0.1) is 12.3 Å². The van der Waals surface area contributed by atoms with Crippen LogP contribution < -0.4 is 5.73 Å². The molecular formula is C9H14N2O. The lowest BCUT2D eigenvalue weighted by molar-refractivity contribution is -0.134. The van der Waals surface area contributed by atoms with E-state index in [4.69, 9.17) is 12.2 Å². The van der Waals surface area contributed by atoms with Crippen molar-refractivity contribution in [2.75, 3.05) is 13.1 Å². The largest absolute Gasteiger partial charge is 0.340 e. The highest BCUT2D eigenvalue weighted by Crippen LogP contribution is 2.09. The first-order valence-electron chi connectivity index (χ1n) is 4.23. The Balaban J connectivity index is 2.42. The summed E-state index contributed by atoms with van der Waals surface area (Å²) in [4.78, 5) is 13.1. The molecule has 1 aliphatic rings. The van der Waals surface area contributed by atoms with E-state index in [0.717, 1.165) is 19.4 Å². The Kier molecular flexibility index (Phi) is 3.12. The van der Waals surface area contributed by atoms with Gasteiger partial charge in [-0.2, -0.15) is 0 Å². The minimum atomic E-state index is -0.295. The highest BCUT2D eigenvalue weighted by Gasteiger charge is 2.24. The first-order chi connectivity index (χ1) is 5.75. The average Bonchev–Trinajstić information content (AvgIpc) is 2.08. The summed E-state index contributed by atoms with van der Waals surface area (Å²) in [6.07, 6.45) is 7.54. The highest BCUT2D eigenvalue weighted by molar-refractivity contribution is 5.82. The molecule has 2 N–H and O–H groups in total. The van der Waals surface area contributed by atoms with E-state index in [1.807, 2.05) is 0 Å². The van der Waals surface area contributed by atoms with E-state index in [0.29, 0.717) is 13.0 Å². The Bertz CT molecular complexity index is 207. The van der Waals surface area contributed by atoms with E-state index in [-0.39, 0.29) is 11.9 Å². The molecule has 12 heavy (non-hydrogen) atoms. The Morgan fingerprint density at radius 2 is 2.50 bits per heavy atom. The van der Waals surface area contributed by atoms with Crippen LogP contribution in [0.2, 0.25) is 0 Å². The van der Waals surface area contributed by atoms with E-state index >= 15 is 0 Å². The molecule has 0 radical (unpaired) electrons. The number of likely N-dealkylation sites (tertiary alicyclic amines) is 1. The van der Waals surface area contributed by atoms with Crippen LogP contribution in [0.4, 0.5) is 0 Å². The highest BCUT2D eigenvalue weighted by atomic mass is 16.2. The lowest BCUT2D eigenvalue weighted by Gasteiger charge is -2.29. The van der Waals surface area contributed by atoms with Crippen molar-refractivity contribution in [3.63, 3.8) is 0 Å². The third kappa shape index (κ3) is 1.99. The quantitative estimate of drug-likeness (QED) is 0.585. The molecule has 0 spiro atoms. The number of nitrogens with zero attached hydrogens (tertiary/aromatic N) is 1. The van der Waals surface area contributed by atoms with Crippen LogP contribution in [0.3, 0.4) is 0 Å². The van der Waals surface area contributed by atoms with E-state index in [1.165, 1.54) is 0 Å². The van der Waals surface area contributed by atoms with Crippen molar-refractivity contribution in [3.8, 4) is 12.3 Å². The first kappa shape index (κ1) is 9.08. The predicted octanol–water partition coefficient (Wildman–Crippen LogP) is -0.0406. The molecule has 1 heterocycles. The van der Waals surface area contributed by atoms with E-state index in [2.05, 4.69) is 5.92 Å². The van der Waals surface area contributed by atoms with Gasteiger partial charge in [-0.3, -0.25) is 4.79 Å². The SMILES string of the molecule is C#CCCN1CCCC(N)C1=O. The van der Waals surface area contributed by atoms with E-state index in [1.54, 1.807) is 4.90 Å². The number of carbonyl (C=O) groups excluding carboxylic acids is 1. The second kappa shape index (κ2) is 4.13. The normalized spacial score (nSPS) is 23.8. The molecule has 3 heteroatoms. The molecule has 1 fully saturated rings. The van der Waals surface area contributed by atoms with Crippen molar-refractivity contribution < 1.29 is 4.79 Å². The summed E-state index contributed by atoms with van der Waals surface area (Å²) in [6.45, 7) is 1.47. The van der Waals surface area contributed by atoms with Gasteiger partial charge < -0.3 is 10.6 Å². The summed E-state index contributed by atoms with van der Waals surface area (Å²) in [7, 11) is 0. The van der Waals surface area contributed by atoms with Gasteiger partial charge in [0.25, 0.3) is 0 Å². The van der Waals surface area contributed by atoms with Crippen molar-refractivity contribution >= 4 is 5.91 Å². The van der Waals surface area contributed by atoms with Gasteiger partial charge in [-0.25, -0.2) is 0 Å². The van der Waals surface area contributed by atoms with Crippen LogP contribution in [-0.4, -0.2) is 29.9 Å². The van der Waals surface area contributed by atoms with Crippen LogP contribution in [0.1, 0.15) is 19.3 Å². The maximum Gasteiger partial charge on any atom is 0.239 e. The van der Waals surface area contributed by atoms with Gasteiger partial charge in [0, 0.05) is 19.5 Å². The second-order valence-electron chi connectivity index (χ2n) is 3.03. The standard InChI is InChI=1S/C9H14N2O/c1-2-3-6-11-7-4-5-8(10)9(11)12/h1,8H,3-7,10H2. The summed E-state index contributed by atoms with van der Waals surface area (Å²) in [6, 6.07) is -0.295. The molecule has 0 aromatic heterocycles. The molecule has 1 amide bonds. The number of nitrogens with two attached hydrogens (primary N) is 1. The number of hydrogen-bond acceptors (Lipinski definition) is 2. The van der Waals surface area contributed by atoms with E-state index in [9.17, 15) is 4.79 Å². The van der Waals surface area contributed by atoms with Gasteiger partial charge in [-0.1, -0.05) is 0 Å². The summed E-state index contributed by atoms with van der Waals surface area (Å²) in [5, 5.41) is 0. The van der Waals surface area contributed by atoms with Gasteiger partial charge in [-0.15, -0.1) is 12.3 Å². The molecule has 0 aliphatic carbocycles. The number of rotatable bonds is 2. The van der Waals surface area contributed by atoms with Gasteiger partial charge in [0.15, 0.2) is 0 Å². The fraction of sp³-hybridized carbons (Fsp3) is 0.667. The van der Waals surface area contributed by atoms with Crippen molar-refractivity contribution in [3.05, 3.63) is 0 Å². The summed E-state index contributed by atoms with van der Waals surface area (Å²) in [5.74, 6) is 2.57. The lowest BCUT2D eigenvalue weighted by Crippen LogP contribution is -2.48. The summed E-state index contributed by atoms with van der Waals surface area (Å²) < 4.78 is 0. The molecule has 0 bridgehead atoms. The van der Waals surface area contributed by atoms with Crippen LogP contribution in [-0.2, 0) is 4.79 Å². The Morgan fingerprint density at radius 3 is 3.17 bits per heavy atom. The van der Waals surface area contributed by atoms with Gasteiger partial charge in [0.2, 0.25) is 5.91 Å². The monoisotopic (exact) mass is 166 g/mol. The smallest absolute Gasteiger partial charge is 0.239 e. The number of terminal acetylenes is 1. The van der Waals surface area contributed by atoms with E-state index < -0.39 is 0 Å². The Morgan fingerprint density at radius 1 is 1.75 bits per heavy atom. The minimum absolute atomic E-state index is 0.0523. The molecule has 3 nitrogen and oxygen atoms in total. The molecule has 66 valence electrons. The number of amides is 1. The second-order valence-corrected chi connectivity index (χ2v) is 3.03. The van der Waals surface area contributed by atoms with Gasteiger partial charge in [0.1, 0.15) is 0 Å². The third-order valence-corrected chi connectivity index (χ3v) is 2.10. The van der Waals surface area contributed by atoms with Crippen molar-refractivity contribution in [1.82, 2.24) is 4.90 Å². The first-order valence-corrected chi connectivity index (χ1v) is 4.23. The Labute approximate surface area is 72.9 Å². The van der Waals surface area contributed by atoms with Crippen molar-refractivity contribution in [2.45, 2.75) is 25.3 Å². The van der Waals surface area contributed by atoms with Crippen LogP contribution in [0.15, 0.2) is 0 Å². The molecule has 1 atom stereocenters. The minimum Gasteiger partial charge on any atom is -0.340 e. The van der Waals surface area contributed by atoms with Gasteiger partial charge in [0.05, 0.1) is 6.04 Å². The third-order valence-electron chi connectivity index (χ3n) is 2.10. The molecule has 1 unspecified atom stereocenters. The molecule has 0 aromatic rings. The molecule has 0 saturated carbocycles. The van der Waals surface area contributed by atoms with Crippen molar-refractivity contribution in [1.29, 1.82) is 0 Å². The summed E-state index contributed by atoms with van der Waals surface area (Å²) >= 11 is 0. The zero-order chi connectivity index (χ0) is 8.97. The Hall–Kier alpha value is -1.01. The van der Waals surface area contributed by atoms with Gasteiger partial charge >= 0.3 is 0 Å². The van der Waals surface area contributed by atoms with Crippen LogP contribution in [0.25, 0.3) is 0 Å².